The zero-order valence-corrected chi connectivity index (χ0v) is 9.14. The molecule has 0 heterocycles. The summed E-state index contributed by atoms with van der Waals surface area (Å²) in [5.41, 5.74) is -3.19. The zero-order chi connectivity index (χ0) is 12.3. The lowest BCUT2D eigenvalue weighted by atomic mass is 10.3. The number of non-ortho nitro benzene ring substituents is 1. The van der Waals surface area contributed by atoms with E-state index in [-0.39, 0.29) is 22.3 Å². The van der Waals surface area contributed by atoms with Gasteiger partial charge in [-0.3, -0.25) is 10.1 Å². The van der Waals surface area contributed by atoms with Crippen LogP contribution >= 0.6 is 23.4 Å². The lowest BCUT2D eigenvalue weighted by molar-refractivity contribution is -0.385. The number of hydrogen-bond acceptors (Lipinski definition) is 3. The van der Waals surface area contributed by atoms with Gasteiger partial charge >= 0.3 is 5.25 Å². The number of thioether (sulfide) groups is 1. The van der Waals surface area contributed by atoms with Crippen LogP contribution in [0.4, 0.5) is 18.9 Å². The molecule has 0 saturated carbocycles. The molecule has 0 bridgehead atoms. The SMILES string of the molecule is O=[N+]([O-])c1cccc(SC(F)(F)C(F)Cl)c1. The molecule has 0 aromatic heterocycles. The van der Waals surface area contributed by atoms with Gasteiger partial charge in [0.1, 0.15) is 0 Å². The van der Waals surface area contributed by atoms with E-state index in [1.54, 1.807) is 0 Å². The second-order valence-corrected chi connectivity index (χ2v) is 4.32. The van der Waals surface area contributed by atoms with E-state index in [0.29, 0.717) is 0 Å². The van der Waals surface area contributed by atoms with Gasteiger partial charge in [0.25, 0.3) is 5.69 Å². The molecule has 0 amide bonds. The molecule has 0 radical (unpaired) electrons. The molecule has 0 spiro atoms. The zero-order valence-electron chi connectivity index (χ0n) is 7.57. The summed E-state index contributed by atoms with van der Waals surface area (Å²) in [5, 5.41) is 6.54. The summed E-state index contributed by atoms with van der Waals surface area (Å²) >= 11 is 4.49. The predicted molar refractivity (Wildman–Crippen MR) is 54.6 cm³/mol. The third-order valence-corrected chi connectivity index (χ3v) is 2.91. The van der Waals surface area contributed by atoms with E-state index in [2.05, 4.69) is 11.6 Å². The van der Waals surface area contributed by atoms with Crippen LogP contribution in [0.2, 0.25) is 0 Å². The molecule has 0 aliphatic carbocycles. The molecule has 0 N–H and O–H groups in total. The van der Waals surface area contributed by atoms with Crippen molar-refractivity contribution in [2.45, 2.75) is 15.8 Å². The van der Waals surface area contributed by atoms with Crippen molar-refractivity contribution < 1.29 is 18.1 Å². The van der Waals surface area contributed by atoms with E-state index in [1.807, 2.05) is 0 Å². The first-order valence-electron chi connectivity index (χ1n) is 3.92. The molecule has 1 unspecified atom stereocenters. The van der Waals surface area contributed by atoms with Crippen molar-refractivity contribution in [1.29, 1.82) is 0 Å². The first kappa shape index (κ1) is 13.1. The van der Waals surface area contributed by atoms with E-state index in [1.165, 1.54) is 12.1 Å². The first-order valence-corrected chi connectivity index (χ1v) is 5.17. The van der Waals surface area contributed by atoms with E-state index in [9.17, 15) is 23.3 Å². The van der Waals surface area contributed by atoms with Gasteiger partial charge in [-0.25, -0.2) is 4.39 Å². The van der Waals surface area contributed by atoms with Gasteiger partial charge in [0.05, 0.1) is 4.92 Å². The smallest absolute Gasteiger partial charge is 0.258 e. The Kier molecular flexibility index (Phi) is 4.03. The summed E-state index contributed by atoms with van der Waals surface area (Å²) in [4.78, 5) is 9.51. The Hall–Kier alpha value is -0.950. The van der Waals surface area contributed by atoms with E-state index in [4.69, 9.17) is 0 Å². The maximum absolute atomic E-state index is 12.9. The average molecular weight is 272 g/mol. The van der Waals surface area contributed by atoms with Crippen molar-refractivity contribution in [1.82, 2.24) is 0 Å². The molecule has 3 nitrogen and oxygen atoms in total. The van der Waals surface area contributed by atoms with E-state index >= 15 is 0 Å². The summed E-state index contributed by atoms with van der Waals surface area (Å²) < 4.78 is 38.0. The highest BCUT2D eigenvalue weighted by atomic mass is 35.5. The maximum Gasteiger partial charge on any atom is 0.342 e. The van der Waals surface area contributed by atoms with Gasteiger partial charge in [-0.15, -0.1) is 0 Å². The number of nitro groups is 1. The molecule has 88 valence electrons. The highest BCUT2D eigenvalue weighted by Crippen LogP contribution is 2.41. The van der Waals surface area contributed by atoms with Gasteiger partial charge in [-0.2, -0.15) is 8.78 Å². The van der Waals surface area contributed by atoms with Crippen molar-refractivity contribution >= 4 is 29.1 Å². The van der Waals surface area contributed by atoms with Crippen molar-refractivity contribution in [2.75, 3.05) is 0 Å². The number of alkyl halides is 4. The Morgan fingerprint density at radius 2 is 2.12 bits per heavy atom. The fourth-order valence-corrected chi connectivity index (χ4v) is 1.73. The Bertz CT molecular complexity index is 403. The van der Waals surface area contributed by atoms with E-state index in [0.717, 1.165) is 12.1 Å². The second kappa shape index (κ2) is 4.92. The number of nitro benzene ring substituents is 1. The topological polar surface area (TPSA) is 43.1 Å². The number of halogens is 4. The molecular weight excluding hydrogens is 267 g/mol. The summed E-state index contributed by atoms with van der Waals surface area (Å²) in [6, 6.07) is 4.52. The molecular formula is C8H5ClF3NO2S. The van der Waals surface area contributed by atoms with Crippen LogP contribution in [0.5, 0.6) is 0 Å². The van der Waals surface area contributed by atoms with Crippen LogP contribution in [0, 0.1) is 10.1 Å². The Labute approximate surface area is 97.7 Å². The molecule has 0 fully saturated rings. The van der Waals surface area contributed by atoms with Crippen LogP contribution < -0.4 is 0 Å². The lowest BCUT2D eigenvalue weighted by Gasteiger charge is -2.14. The molecule has 1 rings (SSSR count). The maximum atomic E-state index is 12.9. The third-order valence-electron chi connectivity index (χ3n) is 1.54. The minimum Gasteiger partial charge on any atom is -0.258 e. The largest absolute Gasteiger partial charge is 0.342 e. The van der Waals surface area contributed by atoms with Gasteiger partial charge in [0.15, 0.2) is 0 Å². The molecule has 0 aliphatic heterocycles. The first-order chi connectivity index (χ1) is 7.33. The fourth-order valence-electron chi connectivity index (χ4n) is 0.862. The Balaban J connectivity index is 2.90. The van der Waals surface area contributed by atoms with Crippen LogP contribution in [-0.4, -0.2) is 15.8 Å². The van der Waals surface area contributed by atoms with Crippen LogP contribution in [-0.2, 0) is 0 Å². The Morgan fingerprint density at radius 1 is 1.50 bits per heavy atom. The van der Waals surface area contributed by atoms with Gasteiger partial charge < -0.3 is 0 Å². The number of benzene rings is 1. The Morgan fingerprint density at radius 3 is 2.62 bits per heavy atom. The quantitative estimate of drug-likeness (QED) is 0.362. The number of hydrogen-bond donors (Lipinski definition) is 0. The van der Waals surface area contributed by atoms with Crippen LogP contribution in [0.25, 0.3) is 0 Å². The molecule has 8 heteroatoms. The van der Waals surface area contributed by atoms with Gasteiger partial charge in [-0.1, -0.05) is 17.7 Å². The molecule has 1 atom stereocenters. The molecule has 0 aliphatic rings. The van der Waals surface area contributed by atoms with Crippen molar-refractivity contribution in [3.63, 3.8) is 0 Å². The third kappa shape index (κ3) is 3.28. The summed E-state index contributed by atoms with van der Waals surface area (Å²) in [7, 11) is 0. The number of rotatable bonds is 4. The summed E-state index contributed by atoms with van der Waals surface area (Å²) in [6.07, 6.45) is 0. The van der Waals surface area contributed by atoms with Crippen molar-refractivity contribution in [3.05, 3.63) is 34.4 Å². The van der Waals surface area contributed by atoms with Crippen LogP contribution in [0.3, 0.4) is 0 Å². The van der Waals surface area contributed by atoms with E-state index < -0.39 is 15.8 Å². The minimum atomic E-state index is -3.82. The summed E-state index contributed by atoms with van der Waals surface area (Å²) in [5.74, 6) is 0. The van der Waals surface area contributed by atoms with Crippen molar-refractivity contribution in [2.24, 2.45) is 0 Å². The molecule has 0 saturated heterocycles. The average Bonchev–Trinajstić information content (AvgIpc) is 2.17. The van der Waals surface area contributed by atoms with Gasteiger partial charge in [-0.05, 0) is 17.8 Å². The fraction of sp³-hybridized carbons (Fsp3) is 0.250. The van der Waals surface area contributed by atoms with Gasteiger partial charge in [0.2, 0.25) is 5.63 Å². The minimum absolute atomic E-state index is 0.123. The normalized spacial score (nSPS) is 13.5. The molecule has 1 aromatic carbocycles. The summed E-state index contributed by atoms with van der Waals surface area (Å²) in [6.45, 7) is 0. The van der Waals surface area contributed by atoms with Crippen molar-refractivity contribution in [3.8, 4) is 0 Å². The second-order valence-electron chi connectivity index (χ2n) is 2.72. The highest BCUT2D eigenvalue weighted by molar-refractivity contribution is 8.00. The van der Waals surface area contributed by atoms with Gasteiger partial charge in [0, 0.05) is 17.0 Å². The highest BCUT2D eigenvalue weighted by Gasteiger charge is 2.40. The predicted octanol–water partition coefficient (Wildman–Crippen LogP) is 3.81. The molecule has 1 aromatic rings. The molecule has 16 heavy (non-hydrogen) atoms. The van der Waals surface area contributed by atoms with Crippen LogP contribution in [0.15, 0.2) is 29.2 Å². The standard InChI is InChI=1S/C8H5ClF3NO2S/c9-7(10)8(11,12)16-6-3-1-2-5(4-6)13(14)15/h1-4,7H. The van der Waals surface area contributed by atoms with Crippen LogP contribution in [0.1, 0.15) is 0 Å². The monoisotopic (exact) mass is 271 g/mol. The lowest BCUT2D eigenvalue weighted by Crippen LogP contribution is -2.20. The number of nitrogens with zero attached hydrogens (tertiary/aromatic N) is 1.